The molecule has 0 heterocycles. The molecule has 0 amide bonds. The average molecular weight is 287 g/mol. The van der Waals surface area contributed by atoms with Gasteiger partial charge in [0.05, 0.1) is 15.8 Å². The van der Waals surface area contributed by atoms with Crippen molar-refractivity contribution < 1.29 is 4.39 Å². The van der Waals surface area contributed by atoms with Crippen LogP contribution < -0.4 is 11.1 Å². The van der Waals surface area contributed by atoms with Crippen LogP contribution in [0.25, 0.3) is 0 Å². The topological polar surface area (TPSA) is 38.0 Å². The standard InChI is InChI=1S/C12H16BrFN2/c13-9-6-12(11(15)7-10(9)14)16-5-4-8-2-1-3-8/h6-8,16H,1-5,15H2. The molecule has 3 N–H and O–H groups in total. The van der Waals surface area contributed by atoms with Gasteiger partial charge < -0.3 is 11.1 Å². The van der Waals surface area contributed by atoms with Crippen LogP contribution in [0.2, 0.25) is 0 Å². The van der Waals surface area contributed by atoms with Crippen molar-refractivity contribution in [3.63, 3.8) is 0 Å². The summed E-state index contributed by atoms with van der Waals surface area (Å²) in [7, 11) is 0. The van der Waals surface area contributed by atoms with Crippen molar-refractivity contribution >= 4 is 27.3 Å². The number of benzene rings is 1. The van der Waals surface area contributed by atoms with Crippen LogP contribution in [0.15, 0.2) is 16.6 Å². The molecule has 0 saturated heterocycles. The summed E-state index contributed by atoms with van der Waals surface area (Å²) < 4.78 is 13.6. The Morgan fingerprint density at radius 2 is 2.19 bits per heavy atom. The number of rotatable bonds is 4. The summed E-state index contributed by atoms with van der Waals surface area (Å²) in [5, 5.41) is 3.26. The fourth-order valence-corrected chi connectivity index (χ4v) is 2.25. The predicted molar refractivity (Wildman–Crippen MR) is 69.0 cm³/mol. The van der Waals surface area contributed by atoms with Crippen molar-refractivity contribution in [2.45, 2.75) is 25.7 Å². The minimum absolute atomic E-state index is 0.318. The second-order valence-electron chi connectivity index (χ2n) is 4.37. The Bertz CT molecular complexity index is 378. The molecule has 0 bridgehead atoms. The third-order valence-corrected chi connectivity index (χ3v) is 3.79. The molecule has 2 rings (SSSR count). The molecular formula is C12H16BrFN2. The van der Waals surface area contributed by atoms with Crippen LogP contribution in [0.5, 0.6) is 0 Å². The van der Waals surface area contributed by atoms with Gasteiger partial charge in [-0.15, -0.1) is 0 Å². The largest absolute Gasteiger partial charge is 0.397 e. The zero-order valence-corrected chi connectivity index (χ0v) is 10.7. The zero-order chi connectivity index (χ0) is 11.5. The lowest BCUT2D eigenvalue weighted by atomic mass is 9.83. The van der Waals surface area contributed by atoms with Crippen LogP contribution in [0.1, 0.15) is 25.7 Å². The van der Waals surface area contributed by atoms with E-state index >= 15 is 0 Å². The van der Waals surface area contributed by atoms with Crippen LogP contribution in [0, 0.1) is 11.7 Å². The minimum Gasteiger partial charge on any atom is -0.397 e. The highest BCUT2D eigenvalue weighted by Crippen LogP contribution is 2.30. The smallest absolute Gasteiger partial charge is 0.139 e. The van der Waals surface area contributed by atoms with E-state index in [4.69, 9.17) is 5.73 Å². The minimum atomic E-state index is -0.318. The van der Waals surface area contributed by atoms with Gasteiger partial charge in [0.25, 0.3) is 0 Å². The average Bonchev–Trinajstić information content (AvgIpc) is 2.17. The summed E-state index contributed by atoms with van der Waals surface area (Å²) in [5.74, 6) is 0.555. The number of anilines is 2. The van der Waals surface area contributed by atoms with Gasteiger partial charge in [-0.2, -0.15) is 0 Å². The van der Waals surface area contributed by atoms with Crippen molar-refractivity contribution in [1.29, 1.82) is 0 Å². The Kier molecular flexibility index (Phi) is 3.69. The van der Waals surface area contributed by atoms with Gasteiger partial charge in [-0.05, 0) is 34.3 Å². The van der Waals surface area contributed by atoms with Crippen LogP contribution >= 0.6 is 15.9 Å². The molecule has 0 atom stereocenters. The first-order valence-electron chi connectivity index (χ1n) is 5.65. The maximum atomic E-state index is 13.1. The van der Waals surface area contributed by atoms with Gasteiger partial charge in [-0.3, -0.25) is 0 Å². The molecule has 1 aliphatic carbocycles. The van der Waals surface area contributed by atoms with Crippen LogP contribution in [0.4, 0.5) is 15.8 Å². The Labute approximate surface area is 104 Å². The fourth-order valence-electron chi connectivity index (χ4n) is 1.91. The quantitative estimate of drug-likeness (QED) is 0.827. The van der Waals surface area contributed by atoms with Crippen molar-refractivity contribution in [2.75, 3.05) is 17.6 Å². The molecule has 1 fully saturated rings. The first kappa shape index (κ1) is 11.7. The Balaban J connectivity index is 1.90. The van der Waals surface area contributed by atoms with Gasteiger partial charge in [-0.1, -0.05) is 19.3 Å². The van der Waals surface area contributed by atoms with E-state index in [9.17, 15) is 4.39 Å². The first-order valence-corrected chi connectivity index (χ1v) is 6.44. The van der Waals surface area contributed by atoms with E-state index in [0.717, 1.165) is 18.2 Å². The summed E-state index contributed by atoms with van der Waals surface area (Å²) in [6.07, 6.45) is 5.25. The predicted octanol–water partition coefficient (Wildman–Crippen LogP) is 3.77. The molecule has 1 aromatic rings. The zero-order valence-electron chi connectivity index (χ0n) is 9.10. The second kappa shape index (κ2) is 5.04. The number of nitrogen functional groups attached to an aromatic ring is 1. The molecule has 1 saturated carbocycles. The van der Waals surface area contributed by atoms with Crippen molar-refractivity contribution in [2.24, 2.45) is 5.92 Å². The first-order chi connectivity index (χ1) is 7.66. The molecule has 1 aliphatic rings. The molecule has 0 aromatic heterocycles. The van der Waals surface area contributed by atoms with Gasteiger partial charge in [0, 0.05) is 12.6 Å². The van der Waals surface area contributed by atoms with Crippen molar-refractivity contribution in [3.05, 3.63) is 22.4 Å². The van der Waals surface area contributed by atoms with Gasteiger partial charge in [0.15, 0.2) is 0 Å². The van der Waals surface area contributed by atoms with Gasteiger partial charge in [0.2, 0.25) is 0 Å². The molecule has 4 heteroatoms. The highest BCUT2D eigenvalue weighted by Gasteiger charge is 2.16. The summed E-state index contributed by atoms with van der Waals surface area (Å²) >= 11 is 3.16. The number of hydrogen-bond acceptors (Lipinski definition) is 2. The fraction of sp³-hybridized carbons (Fsp3) is 0.500. The van der Waals surface area contributed by atoms with Crippen molar-refractivity contribution in [1.82, 2.24) is 0 Å². The third kappa shape index (κ3) is 2.67. The van der Waals surface area contributed by atoms with Crippen LogP contribution in [-0.2, 0) is 0 Å². The van der Waals surface area contributed by atoms with Gasteiger partial charge in [0.1, 0.15) is 5.82 Å². The van der Waals surface area contributed by atoms with Crippen molar-refractivity contribution in [3.8, 4) is 0 Å². The molecule has 16 heavy (non-hydrogen) atoms. The maximum Gasteiger partial charge on any atom is 0.139 e. The van der Waals surface area contributed by atoms with E-state index in [1.54, 1.807) is 6.07 Å². The number of nitrogens with two attached hydrogens (primary N) is 1. The molecule has 0 unspecified atom stereocenters. The Morgan fingerprint density at radius 3 is 2.81 bits per heavy atom. The molecule has 0 spiro atoms. The third-order valence-electron chi connectivity index (χ3n) is 3.19. The Hall–Kier alpha value is -0.770. The summed E-state index contributed by atoms with van der Waals surface area (Å²) in [6.45, 7) is 0.910. The molecule has 2 nitrogen and oxygen atoms in total. The second-order valence-corrected chi connectivity index (χ2v) is 5.22. The number of hydrogen-bond donors (Lipinski definition) is 2. The summed E-state index contributed by atoms with van der Waals surface area (Å²) in [4.78, 5) is 0. The maximum absolute atomic E-state index is 13.1. The summed E-state index contributed by atoms with van der Waals surface area (Å²) in [5.41, 5.74) is 7.01. The van der Waals surface area contributed by atoms with E-state index in [0.29, 0.717) is 10.2 Å². The monoisotopic (exact) mass is 286 g/mol. The van der Waals surface area contributed by atoms with E-state index in [-0.39, 0.29) is 5.82 Å². The van der Waals surface area contributed by atoms with Crippen LogP contribution in [-0.4, -0.2) is 6.54 Å². The van der Waals surface area contributed by atoms with Gasteiger partial charge in [-0.25, -0.2) is 4.39 Å². The lowest BCUT2D eigenvalue weighted by molar-refractivity contribution is 0.303. The van der Waals surface area contributed by atoms with E-state index < -0.39 is 0 Å². The summed E-state index contributed by atoms with van der Waals surface area (Å²) in [6, 6.07) is 3.04. The SMILES string of the molecule is Nc1cc(F)c(Br)cc1NCCC1CCC1. The highest BCUT2D eigenvalue weighted by atomic mass is 79.9. The Morgan fingerprint density at radius 1 is 1.44 bits per heavy atom. The van der Waals surface area contributed by atoms with E-state index in [1.807, 2.05) is 0 Å². The molecule has 88 valence electrons. The lowest BCUT2D eigenvalue weighted by Gasteiger charge is -2.25. The number of halogens is 2. The highest BCUT2D eigenvalue weighted by molar-refractivity contribution is 9.10. The molecule has 1 aromatic carbocycles. The van der Waals surface area contributed by atoms with Crippen LogP contribution in [0.3, 0.4) is 0 Å². The normalized spacial score (nSPS) is 15.9. The molecule has 0 aliphatic heterocycles. The number of nitrogens with one attached hydrogen (secondary N) is 1. The van der Waals surface area contributed by atoms with Gasteiger partial charge >= 0.3 is 0 Å². The molecular weight excluding hydrogens is 271 g/mol. The van der Waals surface area contributed by atoms with E-state index in [1.165, 1.54) is 31.7 Å². The lowest BCUT2D eigenvalue weighted by Crippen LogP contribution is -2.16. The van der Waals surface area contributed by atoms with E-state index in [2.05, 4.69) is 21.2 Å². The molecule has 0 radical (unpaired) electrons.